The third kappa shape index (κ3) is 6.00. The van der Waals surface area contributed by atoms with Crippen LogP contribution in [-0.4, -0.2) is 38.7 Å². The van der Waals surface area contributed by atoms with E-state index in [1.54, 1.807) is 36.4 Å². The molecule has 0 saturated carbocycles. The fraction of sp³-hybridized carbons (Fsp3) is 0.111. The summed E-state index contributed by atoms with van der Waals surface area (Å²) in [5.74, 6) is -2.01. The standard InChI is InChI=1S/C27H25F2N9O3/c1-15(38-22-12-18(28)13-33-23(22)21(35-38)11-16-7-3-5-9-19(16)29)34-26(32)24(25(30)31)37(27(39)41-2)14-17-8-4-6-10-20(17)36-40/h3-10,12-13H,1,11,14,30-31H2,2H3,(H2,32,34). The van der Waals surface area contributed by atoms with Crippen molar-refractivity contribution >= 4 is 34.5 Å². The number of halogens is 2. The second-order valence-corrected chi connectivity index (χ2v) is 8.64. The minimum absolute atomic E-state index is 0.0441. The molecule has 4 rings (SSSR count). The predicted octanol–water partition coefficient (Wildman–Crippen LogP) is 3.84. The normalized spacial score (nSPS) is 11.2. The Morgan fingerprint density at radius 3 is 2.44 bits per heavy atom. The molecule has 0 bridgehead atoms. The second-order valence-electron chi connectivity index (χ2n) is 8.64. The van der Waals surface area contributed by atoms with Crippen molar-refractivity contribution in [1.29, 1.82) is 0 Å². The number of pyridine rings is 1. The maximum atomic E-state index is 14.4. The van der Waals surface area contributed by atoms with Crippen LogP contribution in [0.1, 0.15) is 16.8 Å². The van der Waals surface area contributed by atoms with E-state index in [4.69, 9.17) is 21.9 Å². The Balaban J connectivity index is 1.76. The maximum Gasteiger partial charge on any atom is 0.414 e. The molecule has 2 aromatic carbocycles. The number of aliphatic imine (C=N–C) groups is 1. The summed E-state index contributed by atoms with van der Waals surface area (Å²) in [5.41, 5.74) is 19.4. The van der Waals surface area contributed by atoms with Crippen molar-refractivity contribution < 1.29 is 18.3 Å². The van der Waals surface area contributed by atoms with Crippen LogP contribution in [0, 0.1) is 16.5 Å². The lowest BCUT2D eigenvalue weighted by Crippen LogP contribution is -2.39. The van der Waals surface area contributed by atoms with E-state index in [0.717, 1.165) is 24.3 Å². The topological polar surface area (TPSA) is 180 Å². The summed E-state index contributed by atoms with van der Waals surface area (Å²) in [5, 5.41) is 7.40. The molecule has 41 heavy (non-hydrogen) atoms. The van der Waals surface area contributed by atoms with Crippen LogP contribution in [0.4, 0.5) is 19.3 Å². The van der Waals surface area contributed by atoms with Gasteiger partial charge in [-0.2, -0.15) is 5.10 Å². The number of carbonyl (C=O) groups excluding carboxylic acids is 1. The molecule has 0 saturated heterocycles. The van der Waals surface area contributed by atoms with Gasteiger partial charge in [-0.1, -0.05) is 43.0 Å². The number of rotatable bonds is 9. The highest BCUT2D eigenvalue weighted by atomic mass is 19.1. The zero-order chi connectivity index (χ0) is 29.7. The first-order valence-electron chi connectivity index (χ1n) is 12.0. The molecule has 1 amide bonds. The third-order valence-electron chi connectivity index (χ3n) is 5.97. The molecule has 12 nitrogen and oxygen atoms in total. The molecule has 0 aliphatic carbocycles. The molecule has 0 aliphatic heterocycles. The first-order valence-corrected chi connectivity index (χ1v) is 12.0. The van der Waals surface area contributed by atoms with Gasteiger partial charge in [0, 0.05) is 18.1 Å². The number of amides is 1. The van der Waals surface area contributed by atoms with Crippen LogP contribution >= 0.6 is 0 Å². The number of aromatic nitrogens is 3. The highest BCUT2D eigenvalue weighted by molar-refractivity contribution is 6.02. The minimum atomic E-state index is -0.916. The molecule has 14 heteroatoms. The van der Waals surface area contributed by atoms with E-state index >= 15 is 0 Å². The van der Waals surface area contributed by atoms with Gasteiger partial charge >= 0.3 is 6.09 Å². The van der Waals surface area contributed by atoms with E-state index in [1.165, 1.54) is 16.8 Å². The minimum Gasteiger partial charge on any atom is -0.452 e. The second kappa shape index (κ2) is 12.0. The molecular formula is C27H25F2N9O3. The van der Waals surface area contributed by atoms with Gasteiger partial charge < -0.3 is 21.9 Å². The SMILES string of the molecule is C=C(N=C(N)C(=C(N)N)N(Cc1ccccc1N=O)C(=O)OC)n1nc(Cc2ccccc2F)c2ncc(F)cc21. The molecule has 0 unspecified atom stereocenters. The maximum absolute atomic E-state index is 14.4. The molecule has 210 valence electrons. The molecule has 4 aromatic rings. The van der Waals surface area contributed by atoms with Gasteiger partial charge in [0.15, 0.2) is 5.84 Å². The Hall–Kier alpha value is -5.66. The lowest BCUT2D eigenvalue weighted by Gasteiger charge is -2.25. The predicted molar refractivity (Wildman–Crippen MR) is 149 cm³/mol. The molecule has 0 aliphatic rings. The third-order valence-corrected chi connectivity index (χ3v) is 5.97. The van der Waals surface area contributed by atoms with Crippen molar-refractivity contribution in [3.63, 3.8) is 0 Å². The largest absolute Gasteiger partial charge is 0.452 e. The Morgan fingerprint density at radius 1 is 1.10 bits per heavy atom. The van der Waals surface area contributed by atoms with Crippen molar-refractivity contribution in [2.45, 2.75) is 13.0 Å². The Kier molecular flexibility index (Phi) is 8.32. The summed E-state index contributed by atoms with van der Waals surface area (Å²) in [6.45, 7) is 3.62. The molecule has 6 N–H and O–H groups in total. The van der Waals surface area contributed by atoms with Crippen LogP contribution in [0.3, 0.4) is 0 Å². The Labute approximate surface area is 232 Å². The zero-order valence-corrected chi connectivity index (χ0v) is 21.8. The smallest absolute Gasteiger partial charge is 0.414 e. The summed E-state index contributed by atoms with van der Waals surface area (Å²) in [7, 11) is 1.13. The van der Waals surface area contributed by atoms with E-state index in [0.29, 0.717) is 16.8 Å². The molecule has 0 spiro atoms. The number of nitrogens with zero attached hydrogens (tertiary/aromatic N) is 6. The number of nitrogens with two attached hydrogens (primary N) is 3. The number of amidine groups is 1. The van der Waals surface area contributed by atoms with Crippen LogP contribution in [0.15, 0.2) is 89.1 Å². The summed E-state index contributed by atoms with van der Waals surface area (Å²) < 4.78 is 34.6. The van der Waals surface area contributed by atoms with Crippen LogP contribution in [0.2, 0.25) is 0 Å². The summed E-state index contributed by atoms with van der Waals surface area (Å²) in [6, 6.07) is 13.6. The van der Waals surface area contributed by atoms with Gasteiger partial charge in [-0.25, -0.2) is 28.2 Å². The number of carbonyl (C=O) groups is 1. The number of hydrogen-bond donors (Lipinski definition) is 3. The molecule has 0 fully saturated rings. The van der Waals surface area contributed by atoms with Gasteiger partial charge in [0.25, 0.3) is 0 Å². The first kappa shape index (κ1) is 28.4. The lowest BCUT2D eigenvalue weighted by molar-refractivity contribution is 0.135. The zero-order valence-electron chi connectivity index (χ0n) is 21.8. The summed E-state index contributed by atoms with van der Waals surface area (Å²) in [6.07, 6.45) is 0.138. The van der Waals surface area contributed by atoms with Gasteiger partial charge in [0.05, 0.1) is 31.1 Å². The van der Waals surface area contributed by atoms with E-state index < -0.39 is 23.5 Å². The van der Waals surface area contributed by atoms with Crippen LogP contribution in [0.25, 0.3) is 16.9 Å². The highest BCUT2D eigenvalue weighted by Crippen LogP contribution is 2.26. The fourth-order valence-electron chi connectivity index (χ4n) is 4.10. The Morgan fingerprint density at radius 2 is 1.78 bits per heavy atom. The van der Waals surface area contributed by atoms with Gasteiger partial charge in [-0.15, -0.1) is 4.91 Å². The molecule has 2 heterocycles. The summed E-state index contributed by atoms with van der Waals surface area (Å²) >= 11 is 0. The fourth-order valence-corrected chi connectivity index (χ4v) is 4.10. The van der Waals surface area contributed by atoms with E-state index in [1.807, 2.05) is 0 Å². The van der Waals surface area contributed by atoms with Crippen LogP contribution < -0.4 is 17.2 Å². The van der Waals surface area contributed by atoms with Crippen LogP contribution in [0.5, 0.6) is 0 Å². The van der Waals surface area contributed by atoms with Crippen molar-refractivity contribution in [2.75, 3.05) is 7.11 Å². The van der Waals surface area contributed by atoms with Gasteiger partial charge in [-0.05, 0) is 22.9 Å². The number of fused-ring (bicyclic) bond motifs is 1. The first-order chi connectivity index (χ1) is 19.6. The number of benzene rings is 2. The van der Waals surface area contributed by atoms with Crippen molar-refractivity contribution in [1.82, 2.24) is 19.7 Å². The Bertz CT molecular complexity index is 1710. The monoisotopic (exact) mass is 561 g/mol. The highest BCUT2D eigenvalue weighted by Gasteiger charge is 2.26. The van der Waals surface area contributed by atoms with Crippen molar-refractivity contribution in [3.8, 4) is 0 Å². The number of methoxy groups -OCH3 is 1. The molecule has 2 aromatic heterocycles. The van der Waals surface area contributed by atoms with E-state index in [9.17, 15) is 18.5 Å². The quantitative estimate of drug-likeness (QED) is 0.157. The van der Waals surface area contributed by atoms with Gasteiger partial charge in [-0.3, -0.25) is 4.90 Å². The molecule has 0 radical (unpaired) electrons. The van der Waals surface area contributed by atoms with E-state index in [-0.39, 0.29) is 47.0 Å². The number of hydrogen-bond acceptors (Lipinski definition) is 9. The average molecular weight is 562 g/mol. The molecule has 0 atom stereocenters. The summed E-state index contributed by atoms with van der Waals surface area (Å²) in [4.78, 5) is 33.4. The van der Waals surface area contributed by atoms with Crippen molar-refractivity contribution in [3.05, 3.63) is 112 Å². The van der Waals surface area contributed by atoms with Gasteiger partial charge in [0.1, 0.15) is 40.2 Å². The van der Waals surface area contributed by atoms with Crippen molar-refractivity contribution in [2.24, 2.45) is 27.4 Å². The van der Waals surface area contributed by atoms with E-state index in [2.05, 4.69) is 26.8 Å². The lowest BCUT2D eigenvalue weighted by atomic mass is 10.1. The number of ether oxygens (including phenoxy) is 1. The average Bonchev–Trinajstić information content (AvgIpc) is 3.30. The number of nitroso groups, excluding NO2 is 1. The molecular weight excluding hydrogens is 536 g/mol. The van der Waals surface area contributed by atoms with Gasteiger partial charge in [0.2, 0.25) is 0 Å². The van der Waals surface area contributed by atoms with Crippen LogP contribution in [-0.2, 0) is 17.7 Å².